The van der Waals surface area contributed by atoms with E-state index in [-0.39, 0.29) is 58.4 Å². The summed E-state index contributed by atoms with van der Waals surface area (Å²) < 4.78 is 0. The van der Waals surface area contributed by atoms with Crippen molar-refractivity contribution in [2.24, 2.45) is 23.7 Å². The molecule has 6 heteroatoms. The fourth-order valence-electron chi connectivity index (χ4n) is 19.7. The van der Waals surface area contributed by atoms with Gasteiger partial charge in [-0.15, -0.1) is 0 Å². The van der Waals surface area contributed by atoms with Gasteiger partial charge in [-0.3, -0.25) is 28.8 Å². The molecule has 0 aromatic heterocycles. The number of carbonyl (C=O) groups is 6. The Hall–Kier alpha value is -16.5. The number of benzene rings is 20. The molecule has 0 N–H and O–H groups in total. The minimum atomic E-state index is -0.380. The van der Waals surface area contributed by atoms with Crippen LogP contribution in [0.4, 0.5) is 0 Å². The number of rotatable bonds is 3. The molecule has 0 aliphatic heterocycles. The summed E-state index contributed by atoms with van der Waals surface area (Å²) in [6.07, 6.45) is 22.4. The topological polar surface area (TPSA) is 102 Å². The maximum Gasteiger partial charge on any atom is 0.211 e. The molecule has 140 heavy (non-hydrogen) atoms. The third kappa shape index (κ3) is 23.2. The Balaban J connectivity index is 0.000000107. The molecule has 0 saturated heterocycles. The zero-order valence-electron chi connectivity index (χ0n) is 79.2. The lowest BCUT2D eigenvalue weighted by Gasteiger charge is -2.40. The Bertz CT molecular complexity index is 6890. The number of fused-ring (bicyclic) bond motifs is 12. The van der Waals surface area contributed by atoms with Crippen molar-refractivity contribution >= 4 is 121 Å². The Morgan fingerprint density at radius 1 is 0.229 bits per heavy atom. The first kappa shape index (κ1) is 95.2. The van der Waals surface area contributed by atoms with E-state index in [1.54, 1.807) is 53.5 Å². The number of aryl methyl sites for hydroxylation is 1. The third-order valence-electron chi connectivity index (χ3n) is 26.9. The van der Waals surface area contributed by atoms with E-state index >= 15 is 0 Å². The Morgan fingerprint density at radius 3 is 0.643 bits per heavy atom. The molecule has 0 radical (unpaired) electrons. The lowest BCUT2D eigenvalue weighted by Crippen LogP contribution is -2.40. The largest absolute Gasteiger partial charge is 0.295 e. The van der Waals surface area contributed by atoms with Gasteiger partial charge >= 0.3 is 0 Å². The summed E-state index contributed by atoms with van der Waals surface area (Å²) in [4.78, 5) is 69.1. The molecule has 32 rings (SSSR count). The number of carbonyl (C=O) groups excluding carboxylic acids is 6. The van der Waals surface area contributed by atoms with Gasteiger partial charge in [0.25, 0.3) is 0 Å². The molecule has 20 aromatic rings. The number of ketones is 6. The van der Waals surface area contributed by atoms with Gasteiger partial charge in [0.1, 0.15) is 0 Å². The monoisotopic (exact) mass is 1820 g/mol. The predicted molar refractivity (Wildman–Crippen MR) is 583 cm³/mol. The minimum Gasteiger partial charge on any atom is -0.295 e. The molecule has 20 aromatic carbocycles. The van der Waals surface area contributed by atoms with Gasteiger partial charge < -0.3 is 0 Å². The maximum atomic E-state index is 12.2. The van der Waals surface area contributed by atoms with Crippen LogP contribution in [0.5, 0.6) is 0 Å². The first-order valence-electron chi connectivity index (χ1n) is 48.7. The second-order valence-electron chi connectivity index (χ2n) is 36.0. The quantitative estimate of drug-likeness (QED) is 0.0756. The van der Waals surface area contributed by atoms with Crippen LogP contribution in [0, 0.1) is 30.6 Å². The smallest absolute Gasteiger partial charge is 0.211 e. The Morgan fingerprint density at radius 2 is 0.436 bits per heavy atom. The molecule has 0 spiro atoms. The summed E-state index contributed by atoms with van der Waals surface area (Å²) in [5.41, 5.74) is 13.3. The van der Waals surface area contributed by atoms with Crippen LogP contribution in [-0.2, 0) is 19.2 Å². The normalized spacial score (nSPS) is 17.2. The van der Waals surface area contributed by atoms with Crippen molar-refractivity contribution in [2.75, 3.05) is 0 Å². The molecule has 12 aliphatic rings. The van der Waals surface area contributed by atoms with Gasteiger partial charge in [-0.25, -0.2) is 0 Å². The summed E-state index contributed by atoms with van der Waals surface area (Å²) >= 11 is 0. The fourth-order valence-corrected chi connectivity index (χ4v) is 19.7. The SMILES string of the molecule is C1=CC2C=CC1CC2.CC(=O)c1ccccc1.CCC(=O)c1c2ccccc2cc2ccccc12.Cc1ccccc1.O=C1C(=O)C2C=CC1C=C2.O=C1C(=O)C2c3ccccc3C1c1ccccc12.c1ccc2c(c1)C1CCC2c2ccccc21.c1ccc2cc3ccccc3cc2c1.c1ccc2cc3ccccc3cc2c1.c1ccc2cc3ccccc3cc2c1.c1ccccc1.c1ccccc1. The molecule has 0 heterocycles. The Kier molecular flexibility index (Phi) is 31.8. The predicted octanol–water partition coefficient (Wildman–Crippen LogP) is 32.9. The maximum absolute atomic E-state index is 12.2. The van der Waals surface area contributed by atoms with Gasteiger partial charge in [-0.05, 0) is 225 Å². The van der Waals surface area contributed by atoms with Crippen LogP contribution < -0.4 is 0 Å². The summed E-state index contributed by atoms with van der Waals surface area (Å²) in [5, 5.41) is 20.1. The number of Topliss-reactive ketones (excluding diaryl/α,β-unsaturated/α-hetero) is 6. The van der Waals surface area contributed by atoms with Gasteiger partial charge in [0.15, 0.2) is 11.6 Å². The van der Waals surface area contributed by atoms with E-state index in [2.05, 4.69) is 292 Å². The number of hydrogen-bond donors (Lipinski definition) is 0. The third-order valence-corrected chi connectivity index (χ3v) is 26.9. The van der Waals surface area contributed by atoms with Crippen molar-refractivity contribution in [3.63, 3.8) is 0 Å². The van der Waals surface area contributed by atoms with E-state index in [1.165, 1.54) is 95.9 Å². The molecule has 684 valence electrons. The van der Waals surface area contributed by atoms with E-state index in [4.69, 9.17) is 0 Å². The van der Waals surface area contributed by atoms with Crippen LogP contribution >= 0.6 is 0 Å². The lowest BCUT2D eigenvalue weighted by molar-refractivity contribution is -0.139. The molecule has 0 unspecified atom stereocenters. The highest BCUT2D eigenvalue weighted by Gasteiger charge is 2.48. The van der Waals surface area contributed by atoms with Crippen LogP contribution in [0.15, 0.2) is 516 Å². The number of hydrogen-bond acceptors (Lipinski definition) is 6. The zero-order chi connectivity index (χ0) is 96.3. The van der Waals surface area contributed by atoms with Crippen molar-refractivity contribution in [1.29, 1.82) is 0 Å². The molecule has 8 bridgehead atoms. The van der Waals surface area contributed by atoms with Crippen LogP contribution in [-0.4, -0.2) is 34.7 Å². The highest BCUT2D eigenvalue weighted by Crippen LogP contribution is 2.53. The summed E-state index contributed by atoms with van der Waals surface area (Å²) in [5.74, 6) is 0.966. The molecule has 0 amide bonds. The van der Waals surface area contributed by atoms with Crippen LogP contribution in [0.1, 0.15) is 140 Å². The minimum absolute atomic E-state index is 0.121. The van der Waals surface area contributed by atoms with Gasteiger partial charge in [0, 0.05) is 29.4 Å². The standard InChI is InChI=1S/C17H14O.C16H10O2.C16H14.3C14H10.C8H6O2.C8H8O.C8H10.C7H8.2C6H6/c1-2-16(18)17-14-9-5-3-7-12(14)11-13-8-4-6-10-15(13)17;17-15-13-9-5-1-2-6-10(9)14(16(15)18)12-8-4-3-7-11(12)13;1-2-6-12-11(5-1)15-9-10-16(12)14-8-4-3-7-13(14)15;3*1-2-6-12-10-14-8-4-3-7-13(14)9-11(12)5-1;9-7-5-1-2-6(4-3-5)8(7)10;1-7(9)8-5-3-2-4-6-8;1-2-8-5-3-7(1)4-6-8;1-7-5-3-2-4-6-7;2*1-2-4-6-5-3-1/h3-11H,2H2,1H3;1-8,13-14H;1-8,15-16H,9-10H2;3*1-10H;1-6H;2-6H,1H3;1-3,5,7-8H,4,6H2;2-6H,1H3;2*1-6H. The summed E-state index contributed by atoms with van der Waals surface area (Å²) in [7, 11) is 0. The van der Waals surface area contributed by atoms with Crippen molar-refractivity contribution < 1.29 is 28.8 Å². The molecule has 0 saturated carbocycles. The Labute approximate surface area is 821 Å². The summed E-state index contributed by atoms with van der Waals surface area (Å²) in [6.45, 7) is 5.56. The average molecular weight is 1820 g/mol. The lowest BCUT2D eigenvalue weighted by atomic mass is 9.62. The molecular formula is C134H112O6. The summed E-state index contributed by atoms with van der Waals surface area (Å²) in [6, 6.07) is 160. The number of allylic oxidation sites excluding steroid dienone is 8. The van der Waals surface area contributed by atoms with E-state index < -0.39 is 0 Å². The zero-order valence-corrected chi connectivity index (χ0v) is 79.2. The van der Waals surface area contributed by atoms with Gasteiger partial charge in [-0.2, -0.15) is 0 Å². The molecule has 0 fully saturated rings. The second-order valence-corrected chi connectivity index (χ2v) is 36.0. The highest BCUT2D eigenvalue weighted by atomic mass is 16.2. The van der Waals surface area contributed by atoms with Crippen LogP contribution in [0.25, 0.3) is 86.2 Å². The van der Waals surface area contributed by atoms with Crippen molar-refractivity contribution in [2.45, 2.75) is 76.5 Å². The van der Waals surface area contributed by atoms with Crippen molar-refractivity contribution in [3.05, 3.63) is 577 Å². The van der Waals surface area contributed by atoms with E-state index in [1.807, 2.05) is 213 Å². The highest BCUT2D eigenvalue weighted by molar-refractivity contribution is 6.45. The average Bonchev–Trinajstić information content (AvgIpc) is 0.700. The first-order chi connectivity index (χ1) is 68.8. The van der Waals surface area contributed by atoms with Gasteiger partial charge in [0.05, 0.1) is 23.7 Å². The fraction of sp³-hybridized carbons (Fsp3) is 0.119. The van der Waals surface area contributed by atoms with Crippen molar-refractivity contribution in [3.8, 4) is 0 Å². The molecule has 0 atom stereocenters. The second kappa shape index (κ2) is 46.8. The van der Waals surface area contributed by atoms with Crippen molar-refractivity contribution in [1.82, 2.24) is 0 Å². The van der Waals surface area contributed by atoms with E-state index in [0.29, 0.717) is 18.3 Å². The molecular weight excluding hydrogens is 1710 g/mol. The van der Waals surface area contributed by atoms with Crippen LogP contribution in [0.3, 0.4) is 0 Å². The van der Waals surface area contributed by atoms with Gasteiger partial charge in [0.2, 0.25) is 23.1 Å². The molecule has 6 nitrogen and oxygen atoms in total. The van der Waals surface area contributed by atoms with Crippen LogP contribution in [0.2, 0.25) is 0 Å². The van der Waals surface area contributed by atoms with Gasteiger partial charge in [-0.1, -0.05) is 486 Å². The van der Waals surface area contributed by atoms with E-state index in [0.717, 1.165) is 66.8 Å². The molecule has 12 aliphatic carbocycles. The first-order valence-corrected chi connectivity index (χ1v) is 48.7. The van der Waals surface area contributed by atoms with E-state index in [9.17, 15) is 28.8 Å².